The molecule has 3 nitrogen and oxygen atoms in total. The highest BCUT2D eigenvalue weighted by Gasteiger charge is 1.94. The molecule has 0 spiro atoms. The van der Waals surface area contributed by atoms with Crippen molar-refractivity contribution >= 4 is 0 Å². The molecule has 0 radical (unpaired) electrons. The zero-order valence-corrected chi connectivity index (χ0v) is 14.4. The lowest BCUT2D eigenvalue weighted by atomic mass is 10.0. The number of hydrogen-bond donors (Lipinski definition) is 0. The number of unbranched alkanes of at least 4 members (excludes halogenated alkanes) is 15. The fourth-order valence-electron chi connectivity index (χ4n) is 2.78. The van der Waals surface area contributed by atoms with Crippen molar-refractivity contribution in [3.63, 3.8) is 0 Å². The molecule has 0 unspecified atom stereocenters. The Bertz CT molecular complexity index is 235. The van der Waals surface area contributed by atoms with Gasteiger partial charge in [-0.15, -0.1) is 0 Å². The van der Waals surface area contributed by atoms with Crippen LogP contribution in [-0.4, -0.2) is 6.54 Å². The summed E-state index contributed by atoms with van der Waals surface area (Å²) < 4.78 is 0. The van der Waals surface area contributed by atoms with Crippen molar-refractivity contribution in [2.75, 3.05) is 6.54 Å². The maximum atomic E-state index is 8.15. The van der Waals surface area contributed by atoms with E-state index in [2.05, 4.69) is 16.9 Å². The molecule has 21 heavy (non-hydrogen) atoms. The van der Waals surface area contributed by atoms with Crippen LogP contribution in [0.2, 0.25) is 0 Å². The third-order valence-corrected chi connectivity index (χ3v) is 4.17. The second kappa shape index (κ2) is 19.3. The van der Waals surface area contributed by atoms with E-state index in [1.54, 1.807) is 0 Å². The second-order valence-corrected chi connectivity index (χ2v) is 6.26. The van der Waals surface area contributed by atoms with E-state index in [1.165, 1.54) is 96.3 Å². The van der Waals surface area contributed by atoms with Crippen LogP contribution in [0.15, 0.2) is 5.11 Å². The van der Waals surface area contributed by atoms with Crippen molar-refractivity contribution < 1.29 is 0 Å². The van der Waals surface area contributed by atoms with Gasteiger partial charge >= 0.3 is 0 Å². The van der Waals surface area contributed by atoms with Gasteiger partial charge in [0.25, 0.3) is 0 Å². The Balaban J connectivity index is 2.94. The topological polar surface area (TPSA) is 48.8 Å². The first-order valence-electron chi connectivity index (χ1n) is 9.42. The van der Waals surface area contributed by atoms with Gasteiger partial charge in [-0.2, -0.15) is 0 Å². The van der Waals surface area contributed by atoms with Gasteiger partial charge in [0.05, 0.1) is 0 Å². The van der Waals surface area contributed by atoms with E-state index in [1.807, 2.05) is 0 Å². The summed E-state index contributed by atoms with van der Waals surface area (Å²) in [6.45, 7) is 2.96. The van der Waals surface area contributed by atoms with Gasteiger partial charge in [0.15, 0.2) is 0 Å². The third-order valence-electron chi connectivity index (χ3n) is 4.17. The molecule has 0 aromatic heterocycles. The summed E-state index contributed by atoms with van der Waals surface area (Å²) >= 11 is 0. The van der Waals surface area contributed by atoms with Gasteiger partial charge in [-0.3, -0.25) is 0 Å². The van der Waals surface area contributed by atoms with Crippen molar-refractivity contribution in [3.05, 3.63) is 10.4 Å². The van der Waals surface area contributed by atoms with E-state index < -0.39 is 0 Å². The molecular weight excluding hydrogens is 258 g/mol. The molecule has 0 fully saturated rings. The summed E-state index contributed by atoms with van der Waals surface area (Å²) in [4.78, 5) is 2.77. The van der Waals surface area contributed by atoms with E-state index in [9.17, 15) is 0 Å². The first-order valence-corrected chi connectivity index (χ1v) is 9.42. The Labute approximate surface area is 132 Å². The normalized spacial score (nSPS) is 10.5. The van der Waals surface area contributed by atoms with Gasteiger partial charge in [-0.1, -0.05) is 108 Å². The Morgan fingerprint density at radius 3 is 1.24 bits per heavy atom. The lowest BCUT2D eigenvalue weighted by molar-refractivity contribution is 0.530. The summed E-state index contributed by atoms with van der Waals surface area (Å²) in [5.74, 6) is 0. The lowest BCUT2D eigenvalue weighted by Crippen LogP contribution is -1.84. The second-order valence-electron chi connectivity index (χ2n) is 6.26. The van der Waals surface area contributed by atoms with Crippen molar-refractivity contribution in [1.82, 2.24) is 0 Å². The molecule has 0 aliphatic carbocycles. The fourth-order valence-corrected chi connectivity index (χ4v) is 2.78. The van der Waals surface area contributed by atoms with Crippen LogP contribution in [0.4, 0.5) is 0 Å². The van der Waals surface area contributed by atoms with Crippen molar-refractivity contribution in [2.45, 2.75) is 110 Å². The third kappa shape index (κ3) is 19.3. The molecule has 0 aliphatic rings. The minimum absolute atomic E-state index is 0.676. The Hall–Kier alpha value is -0.690. The smallest absolute Gasteiger partial charge is 0.0257 e. The average Bonchev–Trinajstić information content (AvgIpc) is 2.50. The number of nitrogens with zero attached hydrogens (tertiary/aromatic N) is 3. The quantitative estimate of drug-likeness (QED) is 0.115. The van der Waals surface area contributed by atoms with Crippen molar-refractivity contribution in [2.24, 2.45) is 5.11 Å². The monoisotopic (exact) mass is 295 g/mol. The van der Waals surface area contributed by atoms with E-state index in [-0.39, 0.29) is 0 Å². The molecule has 0 saturated heterocycles. The Morgan fingerprint density at radius 2 is 0.905 bits per heavy atom. The molecule has 0 bridgehead atoms. The summed E-state index contributed by atoms with van der Waals surface area (Å²) in [7, 11) is 0. The molecule has 124 valence electrons. The molecular formula is C18H37N3. The van der Waals surface area contributed by atoms with Crippen LogP contribution in [0.25, 0.3) is 10.4 Å². The largest absolute Gasteiger partial charge is 0.0940 e. The van der Waals surface area contributed by atoms with Crippen LogP contribution < -0.4 is 0 Å². The minimum Gasteiger partial charge on any atom is -0.0940 e. The SMILES string of the molecule is CCCCCCCCCCCCCCCCCCN=[N+]=[N-]. The summed E-state index contributed by atoms with van der Waals surface area (Å²) in [6.07, 6.45) is 22.1. The molecule has 0 heterocycles. The van der Waals surface area contributed by atoms with E-state index >= 15 is 0 Å². The molecule has 0 N–H and O–H groups in total. The van der Waals surface area contributed by atoms with Crippen LogP contribution in [-0.2, 0) is 0 Å². The first kappa shape index (κ1) is 20.3. The summed E-state index contributed by atoms with van der Waals surface area (Å²) in [5.41, 5.74) is 8.15. The molecule has 0 aromatic carbocycles. The Kier molecular flexibility index (Phi) is 18.7. The number of hydrogen-bond acceptors (Lipinski definition) is 1. The van der Waals surface area contributed by atoms with Crippen LogP contribution in [0.3, 0.4) is 0 Å². The maximum absolute atomic E-state index is 8.15. The van der Waals surface area contributed by atoms with Crippen molar-refractivity contribution in [1.29, 1.82) is 0 Å². The maximum Gasteiger partial charge on any atom is 0.0257 e. The van der Waals surface area contributed by atoms with Crippen LogP contribution in [0.1, 0.15) is 110 Å². The average molecular weight is 296 g/mol. The zero-order valence-electron chi connectivity index (χ0n) is 14.4. The highest BCUT2D eigenvalue weighted by atomic mass is 15.1. The van der Waals surface area contributed by atoms with Crippen LogP contribution in [0, 0.1) is 0 Å². The Morgan fingerprint density at radius 1 is 0.571 bits per heavy atom. The molecule has 0 aliphatic heterocycles. The fraction of sp³-hybridized carbons (Fsp3) is 1.00. The number of rotatable bonds is 17. The van der Waals surface area contributed by atoms with Gasteiger partial charge in [-0.25, -0.2) is 0 Å². The predicted molar refractivity (Wildman–Crippen MR) is 93.6 cm³/mol. The highest BCUT2D eigenvalue weighted by Crippen LogP contribution is 2.13. The summed E-state index contributed by atoms with van der Waals surface area (Å²) in [6, 6.07) is 0. The standard InChI is InChI=1S/C18H37N3/c1-2-3-4-5-6-7-8-9-10-11-12-13-14-15-16-17-18-20-21-19/h2-18H2,1H3. The van der Waals surface area contributed by atoms with E-state index in [0.29, 0.717) is 6.54 Å². The molecule has 0 rings (SSSR count). The minimum atomic E-state index is 0.676. The van der Waals surface area contributed by atoms with Crippen LogP contribution >= 0.6 is 0 Å². The molecule has 0 saturated carbocycles. The van der Waals surface area contributed by atoms with E-state index in [0.717, 1.165) is 6.42 Å². The highest BCUT2D eigenvalue weighted by molar-refractivity contribution is 4.51. The molecule has 0 amide bonds. The molecule has 0 aromatic rings. The van der Waals surface area contributed by atoms with Crippen molar-refractivity contribution in [3.8, 4) is 0 Å². The molecule has 0 atom stereocenters. The zero-order chi connectivity index (χ0) is 15.4. The van der Waals surface area contributed by atoms with Gasteiger partial charge < -0.3 is 0 Å². The summed E-state index contributed by atoms with van der Waals surface area (Å²) in [5, 5.41) is 3.56. The van der Waals surface area contributed by atoms with Gasteiger partial charge in [0, 0.05) is 11.5 Å². The first-order chi connectivity index (χ1) is 10.4. The van der Waals surface area contributed by atoms with Crippen LogP contribution in [0.5, 0.6) is 0 Å². The lowest BCUT2D eigenvalue weighted by Gasteiger charge is -2.03. The predicted octanol–water partition coefficient (Wildman–Crippen LogP) is 7.56. The van der Waals surface area contributed by atoms with Gasteiger partial charge in [-0.05, 0) is 12.0 Å². The molecule has 3 heteroatoms. The van der Waals surface area contributed by atoms with Gasteiger partial charge in [0.1, 0.15) is 0 Å². The van der Waals surface area contributed by atoms with Gasteiger partial charge in [0.2, 0.25) is 0 Å². The van der Waals surface area contributed by atoms with E-state index in [4.69, 9.17) is 5.53 Å². The number of azide groups is 1.